The highest BCUT2D eigenvalue weighted by molar-refractivity contribution is 5.96. The van der Waals surface area contributed by atoms with Gasteiger partial charge in [0.15, 0.2) is 11.9 Å². The lowest BCUT2D eigenvalue weighted by atomic mass is 9.89. The molecule has 0 heterocycles. The zero-order valence-corrected chi connectivity index (χ0v) is 16.4. The summed E-state index contributed by atoms with van der Waals surface area (Å²) in [5.41, 5.74) is 0. The molecule has 0 spiro atoms. The summed E-state index contributed by atoms with van der Waals surface area (Å²) < 4.78 is 0. The van der Waals surface area contributed by atoms with Gasteiger partial charge in [-0.25, -0.2) is 0 Å². The molecule has 0 aromatic heterocycles. The Morgan fingerprint density at radius 1 is 0.760 bits per heavy atom. The molecular formula is C20H39N5. The molecule has 0 saturated heterocycles. The molecule has 2 aliphatic rings. The lowest BCUT2D eigenvalue weighted by Gasteiger charge is -2.43. The van der Waals surface area contributed by atoms with Gasteiger partial charge in [-0.3, -0.25) is 16.1 Å². The Hall–Kier alpha value is -1.26. The summed E-state index contributed by atoms with van der Waals surface area (Å²) in [6, 6.07) is 0.992. The number of rotatable bonds is 6. The van der Waals surface area contributed by atoms with Gasteiger partial charge in [0, 0.05) is 25.2 Å². The maximum atomic E-state index is 8.75. The fraction of sp³-hybridized carbons (Fsp3) is 0.900. The molecule has 2 aliphatic carbocycles. The van der Waals surface area contributed by atoms with Crippen LogP contribution in [0.15, 0.2) is 0 Å². The third kappa shape index (κ3) is 5.89. The molecule has 0 aromatic carbocycles. The highest BCUT2D eigenvalue weighted by atomic mass is 15.4. The summed E-state index contributed by atoms with van der Waals surface area (Å²) in [4.78, 5) is 4.44. The van der Waals surface area contributed by atoms with Crippen molar-refractivity contribution >= 4 is 11.9 Å². The van der Waals surface area contributed by atoms with Crippen LogP contribution in [0.3, 0.4) is 0 Å². The van der Waals surface area contributed by atoms with E-state index in [1.807, 2.05) is 0 Å². The van der Waals surface area contributed by atoms with Crippen LogP contribution >= 0.6 is 0 Å². The Morgan fingerprint density at radius 3 is 1.60 bits per heavy atom. The Labute approximate surface area is 154 Å². The Morgan fingerprint density at radius 2 is 1.20 bits per heavy atom. The largest absolute Gasteiger partial charge is 0.343 e. The van der Waals surface area contributed by atoms with Gasteiger partial charge >= 0.3 is 0 Å². The Kier molecular flexibility index (Phi) is 8.56. The Bertz CT molecular complexity index is 386. The van der Waals surface area contributed by atoms with Gasteiger partial charge in [-0.15, -0.1) is 0 Å². The van der Waals surface area contributed by atoms with E-state index in [-0.39, 0.29) is 0 Å². The topological polar surface area (TPSA) is 66.2 Å². The van der Waals surface area contributed by atoms with E-state index in [9.17, 15) is 0 Å². The van der Waals surface area contributed by atoms with Gasteiger partial charge in [0.05, 0.1) is 0 Å². The second kappa shape index (κ2) is 10.7. The zero-order chi connectivity index (χ0) is 18.1. The van der Waals surface area contributed by atoms with Gasteiger partial charge in [-0.05, 0) is 38.5 Å². The van der Waals surface area contributed by atoms with E-state index in [4.69, 9.17) is 10.8 Å². The van der Waals surface area contributed by atoms with Crippen LogP contribution in [0.4, 0.5) is 0 Å². The highest BCUT2D eigenvalue weighted by Gasteiger charge is 2.31. The molecule has 0 radical (unpaired) electrons. The summed E-state index contributed by atoms with van der Waals surface area (Å²) in [5.74, 6) is 0.881. The lowest BCUT2D eigenvalue weighted by molar-refractivity contribution is 0.153. The van der Waals surface area contributed by atoms with Crippen molar-refractivity contribution in [3.8, 4) is 0 Å². The van der Waals surface area contributed by atoms with Crippen molar-refractivity contribution in [2.75, 3.05) is 13.1 Å². The van der Waals surface area contributed by atoms with Gasteiger partial charge in [-0.2, -0.15) is 0 Å². The van der Waals surface area contributed by atoms with Crippen LogP contribution in [0.1, 0.15) is 90.9 Å². The van der Waals surface area contributed by atoms with Crippen molar-refractivity contribution in [1.29, 1.82) is 10.8 Å². The van der Waals surface area contributed by atoms with E-state index in [2.05, 4.69) is 29.0 Å². The molecule has 25 heavy (non-hydrogen) atoms. The van der Waals surface area contributed by atoms with E-state index in [1.165, 1.54) is 64.2 Å². The summed E-state index contributed by atoms with van der Waals surface area (Å²) in [6.45, 7) is 6.08. The standard InChI is InChI=1S/C20H39N5/c1-3-15-24(16-4-2)19(21)23-20(22)25(17-11-7-5-8-12-17)18-13-9-6-10-14-18/h17-18H,3-16H2,1-2H3,(H3,21,22,23). The lowest BCUT2D eigenvalue weighted by Crippen LogP contribution is -2.56. The predicted molar refractivity (Wildman–Crippen MR) is 106 cm³/mol. The minimum Gasteiger partial charge on any atom is -0.343 e. The molecule has 0 aromatic rings. The molecule has 2 fully saturated rings. The molecule has 5 heteroatoms. The zero-order valence-electron chi connectivity index (χ0n) is 16.4. The first-order valence-corrected chi connectivity index (χ1v) is 10.6. The van der Waals surface area contributed by atoms with E-state index in [1.54, 1.807) is 0 Å². The maximum absolute atomic E-state index is 8.75. The summed E-state index contributed by atoms with van der Waals surface area (Å²) in [5, 5.41) is 20.4. The molecule has 0 bridgehead atoms. The first kappa shape index (κ1) is 20.1. The molecule has 2 saturated carbocycles. The first-order valence-electron chi connectivity index (χ1n) is 10.6. The van der Waals surface area contributed by atoms with E-state index < -0.39 is 0 Å². The summed E-state index contributed by atoms with van der Waals surface area (Å²) in [7, 11) is 0. The average molecular weight is 350 g/mol. The van der Waals surface area contributed by atoms with Crippen molar-refractivity contribution in [2.24, 2.45) is 0 Å². The van der Waals surface area contributed by atoms with E-state index >= 15 is 0 Å². The minimum atomic E-state index is 0.408. The molecule has 0 unspecified atom stereocenters. The van der Waals surface area contributed by atoms with Crippen LogP contribution in [0.5, 0.6) is 0 Å². The second-order valence-corrected chi connectivity index (χ2v) is 7.80. The highest BCUT2D eigenvalue weighted by Crippen LogP contribution is 2.30. The first-order chi connectivity index (χ1) is 12.2. The molecule has 2 rings (SSSR count). The van der Waals surface area contributed by atoms with Crippen molar-refractivity contribution in [2.45, 2.75) is 103 Å². The monoisotopic (exact) mass is 349 g/mol. The van der Waals surface area contributed by atoms with Crippen molar-refractivity contribution in [1.82, 2.24) is 15.1 Å². The summed E-state index contributed by atoms with van der Waals surface area (Å²) in [6.07, 6.45) is 14.7. The molecule has 0 aliphatic heterocycles. The van der Waals surface area contributed by atoms with Crippen LogP contribution in [-0.2, 0) is 0 Å². The van der Waals surface area contributed by atoms with Crippen molar-refractivity contribution < 1.29 is 0 Å². The number of nitrogens with zero attached hydrogens (tertiary/aromatic N) is 2. The molecule has 3 N–H and O–H groups in total. The normalized spacial score (nSPS) is 19.4. The van der Waals surface area contributed by atoms with Gasteiger partial charge in [0.25, 0.3) is 0 Å². The quantitative estimate of drug-likeness (QED) is 0.487. The van der Waals surface area contributed by atoms with E-state index in [0.717, 1.165) is 25.9 Å². The smallest absolute Gasteiger partial charge is 0.198 e. The molecule has 0 atom stereocenters. The van der Waals surface area contributed by atoms with Crippen LogP contribution in [0, 0.1) is 10.8 Å². The summed E-state index contributed by atoms with van der Waals surface area (Å²) >= 11 is 0. The molecule has 5 nitrogen and oxygen atoms in total. The minimum absolute atomic E-state index is 0.408. The van der Waals surface area contributed by atoms with Crippen LogP contribution in [0.25, 0.3) is 0 Å². The van der Waals surface area contributed by atoms with Crippen LogP contribution in [0.2, 0.25) is 0 Å². The molecular weight excluding hydrogens is 310 g/mol. The van der Waals surface area contributed by atoms with Crippen LogP contribution < -0.4 is 5.32 Å². The van der Waals surface area contributed by atoms with Crippen molar-refractivity contribution in [3.63, 3.8) is 0 Å². The predicted octanol–water partition coefficient (Wildman–Crippen LogP) is 4.53. The third-order valence-electron chi connectivity index (χ3n) is 5.73. The maximum Gasteiger partial charge on any atom is 0.198 e. The van der Waals surface area contributed by atoms with Gasteiger partial charge in [0.2, 0.25) is 0 Å². The van der Waals surface area contributed by atoms with Crippen molar-refractivity contribution in [3.05, 3.63) is 0 Å². The SMILES string of the molecule is CCCN(CCC)C(=N)NC(=N)N(C1CCCCC1)C1CCCCC1. The average Bonchev–Trinajstić information content (AvgIpc) is 2.63. The van der Waals surface area contributed by atoms with Gasteiger partial charge < -0.3 is 9.80 Å². The van der Waals surface area contributed by atoms with Crippen LogP contribution in [-0.4, -0.2) is 46.9 Å². The van der Waals surface area contributed by atoms with E-state index in [0.29, 0.717) is 24.0 Å². The number of nitrogens with one attached hydrogen (secondary N) is 3. The number of hydrogen-bond acceptors (Lipinski definition) is 2. The molecule has 144 valence electrons. The third-order valence-corrected chi connectivity index (χ3v) is 5.73. The number of guanidine groups is 2. The molecule has 0 amide bonds. The fourth-order valence-corrected chi connectivity index (χ4v) is 4.51. The van der Waals surface area contributed by atoms with Gasteiger partial charge in [0.1, 0.15) is 0 Å². The second-order valence-electron chi connectivity index (χ2n) is 7.80. The van der Waals surface area contributed by atoms with Gasteiger partial charge in [-0.1, -0.05) is 52.4 Å². The fourth-order valence-electron chi connectivity index (χ4n) is 4.51. The number of hydrogen-bond donors (Lipinski definition) is 3. The Balaban J connectivity index is 2.03.